The van der Waals surface area contributed by atoms with Crippen LogP contribution >= 0.6 is 0 Å². The van der Waals surface area contributed by atoms with E-state index in [-0.39, 0.29) is 23.0 Å². The third-order valence-corrected chi connectivity index (χ3v) is 3.09. The van der Waals surface area contributed by atoms with Gasteiger partial charge in [0.05, 0.1) is 11.3 Å². The monoisotopic (exact) mass is 276 g/mol. The second-order valence-corrected chi connectivity index (χ2v) is 4.73. The second kappa shape index (κ2) is 5.64. The average molecular weight is 276 g/mol. The van der Waals surface area contributed by atoms with Crippen LogP contribution in [-0.4, -0.2) is 40.2 Å². The summed E-state index contributed by atoms with van der Waals surface area (Å²) in [6.07, 6.45) is 2.87. The molecule has 1 aliphatic rings. The number of carbonyl (C=O) groups excluding carboxylic acids is 1. The molecule has 1 aromatic carbocycles. The van der Waals surface area contributed by atoms with Crippen LogP contribution in [0.15, 0.2) is 29.8 Å². The predicted molar refractivity (Wildman–Crippen MR) is 74.0 cm³/mol. The summed E-state index contributed by atoms with van der Waals surface area (Å²) in [6, 6.07) is 3.48. The number of anilines is 1. The van der Waals surface area contributed by atoms with E-state index in [4.69, 9.17) is 5.11 Å². The number of aromatic hydroxyl groups is 1. The molecule has 0 radical (unpaired) electrons. The number of amides is 2. The lowest BCUT2D eigenvalue weighted by atomic mass is 10.1. The first-order valence-electron chi connectivity index (χ1n) is 6.25. The van der Waals surface area contributed by atoms with Crippen molar-refractivity contribution in [2.75, 3.05) is 18.4 Å². The van der Waals surface area contributed by atoms with Crippen LogP contribution in [0.1, 0.15) is 23.7 Å². The van der Waals surface area contributed by atoms with E-state index in [2.05, 4.69) is 11.4 Å². The Morgan fingerprint density at radius 3 is 2.75 bits per heavy atom. The number of carbonyl (C=O) groups is 2. The van der Waals surface area contributed by atoms with Gasteiger partial charge < -0.3 is 20.4 Å². The van der Waals surface area contributed by atoms with Crippen molar-refractivity contribution < 1.29 is 19.8 Å². The van der Waals surface area contributed by atoms with Crippen molar-refractivity contribution in [1.29, 1.82) is 0 Å². The second-order valence-electron chi connectivity index (χ2n) is 4.73. The van der Waals surface area contributed by atoms with Crippen LogP contribution in [-0.2, 0) is 0 Å². The first-order valence-corrected chi connectivity index (χ1v) is 6.25. The maximum Gasteiger partial charge on any atom is 0.337 e. The van der Waals surface area contributed by atoms with E-state index in [1.807, 2.05) is 6.92 Å². The lowest BCUT2D eigenvalue weighted by Crippen LogP contribution is -2.38. The molecule has 0 saturated carbocycles. The molecule has 106 valence electrons. The van der Waals surface area contributed by atoms with Gasteiger partial charge in [-0.3, -0.25) is 0 Å². The summed E-state index contributed by atoms with van der Waals surface area (Å²) < 4.78 is 0. The normalized spacial score (nSPS) is 14.7. The molecule has 6 nitrogen and oxygen atoms in total. The van der Waals surface area contributed by atoms with Gasteiger partial charge in [-0.1, -0.05) is 11.6 Å². The van der Waals surface area contributed by atoms with E-state index in [1.165, 1.54) is 12.1 Å². The summed E-state index contributed by atoms with van der Waals surface area (Å²) in [4.78, 5) is 24.8. The maximum atomic E-state index is 12.1. The number of carboxylic acid groups (broad SMARTS) is 1. The molecule has 0 unspecified atom stereocenters. The van der Waals surface area contributed by atoms with Gasteiger partial charge in [-0.15, -0.1) is 0 Å². The van der Waals surface area contributed by atoms with Crippen molar-refractivity contribution in [2.45, 2.75) is 13.3 Å². The van der Waals surface area contributed by atoms with Crippen molar-refractivity contribution in [3.8, 4) is 5.75 Å². The molecule has 2 rings (SSSR count). The first-order chi connectivity index (χ1) is 9.47. The number of phenols is 1. The molecule has 2 amide bonds. The zero-order chi connectivity index (χ0) is 14.7. The summed E-state index contributed by atoms with van der Waals surface area (Å²) in [7, 11) is 0. The maximum absolute atomic E-state index is 12.1. The van der Waals surface area contributed by atoms with Crippen molar-refractivity contribution in [2.24, 2.45) is 0 Å². The average Bonchev–Trinajstić information content (AvgIpc) is 2.40. The van der Waals surface area contributed by atoms with Crippen molar-refractivity contribution in [3.05, 3.63) is 35.4 Å². The van der Waals surface area contributed by atoms with Gasteiger partial charge in [-0.05, 0) is 31.5 Å². The minimum atomic E-state index is -1.20. The zero-order valence-corrected chi connectivity index (χ0v) is 11.1. The van der Waals surface area contributed by atoms with Crippen molar-refractivity contribution in [1.82, 2.24) is 4.90 Å². The fourth-order valence-corrected chi connectivity index (χ4v) is 2.10. The van der Waals surface area contributed by atoms with E-state index in [0.717, 1.165) is 18.1 Å². The number of hydrogen-bond donors (Lipinski definition) is 3. The molecule has 3 N–H and O–H groups in total. The van der Waals surface area contributed by atoms with E-state index in [1.54, 1.807) is 4.90 Å². The van der Waals surface area contributed by atoms with E-state index < -0.39 is 5.97 Å². The third kappa shape index (κ3) is 3.09. The number of benzene rings is 1. The number of aromatic carboxylic acids is 1. The largest absolute Gasteiger partial charge is 0.508 e. The lowest BCUT2D eigenvalue weighted by molar-refractivity contribution is 0.0697. The number of nitrogens with zero attached hydrogens (tertiary/aromatic N) is 1. The molecule has 0 fully saturated rings. The molecular formula is C14H16N2O4. The van der Waals surface area contributed by atoms with Crippen LogP contribution in [0, 0.1) is 0 Å². The summed E-state index contributed by atoms with van der Waals surface area (Å²) in [5, 5.41) is 21.0. The summed E-state index contributed by atoms with van der Waals surface area (Å²) in [6.45, 7) is 3.08. The fraction of sp³-hybridized carbons (Fsp3) is 0.286. The number of urea groups is 1. The molecule has 0 bridgehead atoms. The number of phenolic OH excluding ortho intramolecular Hbond substituents is 1. The topological polar surface area (TPSA) is 89.9 Å². The standard InChI is InChI=1S/C14H16N2O4/c1-9-3-2-6-16(8-9)14(20)15-12-5-4-10(17)7-11(12)13(18)19/h3-5,7,17H,2,6,8H2,1H3,(H,15,20)(H,18,19). The van der Waals surface area contributed by atoms with Crippen molar-refractivity contribution in [3.63, 3.8) is 0 Å². The van der Waals surface area contributed by atoms with Gasteiger partial charge in [0.1, 0.15) is 5.75 Å². The number of hydrogen-bond acceptors (Lipinski definition) is 3. The van der Waals surface area contributed by atoms with Crippen LogP contribution in [0.4, 0.5) is 10.5 Å². The fourth-order valence-electron chi connectivity index (χ4n) is 2.10. The molecule has 0 aliphatic carbocycles. The highest BCUT2D eigenvalue weighted by atomic mass is 16.4. The van der Waals surface area contributed by atoms with Crippen LogP contribution in [0.3, 0.4) is 0 Å². The highest BCUT2D eigenvalue weighted by Gasteiger charge is 2.19. The Kier molecular flexibility index (Phi) is 3.93. The Hall–Kier alpha value is -2.50. The molecule has 0 spiro atoms. The summed E-state index contributed by atoms with van der Waals surface area (Å²) >= 11 is 0. The Labute approximate surface area is 116 Å². The van der Waals surface area contributed by atoms with Gasteiger partial charge in [0.25, 0.3) is 0 Å². The number of carboxylic acids is 1. The van der Waals surface area contributed by atoms with E-state index >= 15 is 0 Å². The van der Waals surface area contributed by atoms with Gasteiger partial charge >= 0.3 is 12.0 Å². The third-order valence-electron chi connectivity index (χ3n) is 3.09. The molecule has 1 heterocycles. The highest BCUT2D eigenvalue weighted by molar-refractivity contribution is 6.00. The molecule has 1 aliphatic heterocycles. The quantitative estimate of drug-likeness (QED) is 0.571. The highest BCUT2D eigenvalue weighted by Crippen LogP contribution is 2.22. The van der Waals surface area contributed by atoms with Crippen molar-refractivity contribution >= 4 is 17.7 Å². The van der Waals surface area contributed by atoms with Crippen LogP contribution in [0.5, 0.6) is 5.75 Å². The van der Waals surface area contributed by atoms with Crippen LogP contribution in [0.2, 0.25) is 0 Å². The molecule has 20 heavy (non-hydrogen) atoms. The Morgan fingerprint density at radius 2 is 2.10 bits per heavy atom. The van der Waals surface area contributed by atoms with Gasteiger partial charge in [0.15, 0.2) is 0 Å². The minimum absolute atomic E-state index is 0.136. The smallest absolute Gasteiger partial charge is 0.337 e. The molecule has 6 heteroatoms. The van der Waals surface area contributed by atoms with Crippen LogP contribution in [0.25, 0.3) is 0 Å². The van der Waals surface area contributed by atoms with Crippen LogP contribution < -0.4 is 5.32 Å². The van der Waals surface area contributed by atoms with Gasteiger partial charge in [0, 0.05) is 13.1 Å². The molecule has 0 atom stereocenters. The SMILES string of the molecule is CC1=CCCN(C(=O)Nc2ccc(O)cc2C(=O)O)C1. The zero-order valence-electron chi connectivity index (χ0n) is 11.1. The van der Waals surface area contributed by atoms with E-state index in [0.29, 0.717) is 13.1 Å². The number of rotatable bonds is 2. The lowest BCUT2D eigenvalue weighted by Gasteiger charge is -2.26. The first kappa shape index (κ1) is 13.9. The van der Waals surface area contributed by atoms with E-state index in [9.17, 15) is 14.7 Å². The predicted octanol–water partition coefficient (Wildman–Crippen LogP) is 2.27. The summed E-state index contributed by atoms with van der Waals surface area (Å²) in [5.41, 5.74) is 1.14. The minimum Gasteiger partial charge on any atom is -0.508 e. The Balaban J connectivity index is 2.16. The summed E-state index contributed by atoms with van der Waals surface area (Å²) in [5.74, 6) is -1.36. The molecule has 1 aromatic rings. The van der Waals surface area contributed by atoms with Gasteiger partial charge in [-0.25, -0.2) is 9.59 Å². The Morgan fingerprint density at radius 1 is 1.35 bits per heavy atom. The molecular weight excluding hydrogens is 260 g/mol. The molecule has 0 aromatic heterocycles. The Bertz CT molecular complexity index is 581. The number of nitrogens with one attached hydrogen (secondary N) is 1. The van der Waals surface area contributed by atoms with Gasteiger partial charge in [0.2, 0.25) is 0 Å². The van der Waals surface area contributed by atoms with Gasteiger partial charge in [-0.2, -0.15) is 0 Å². The molecule has 0 saturated heterocycles.